The first kappa shape index (κ1) is 16.9. The predicted molar refractivity (Wildman–Crippen MR) is 74.3 cm³/mol. The van der Waals surface area contributed by atoms with E-state index >= 15 is 0 Å². The Bertz CT molecular complexity index is 146. The summed E-state index contributed by atoms with van der Waals surface area (Å²) in [6, 6.07) is 0. The molecule has 2 nitrogen and oxygen atoms in total. The molecular formula is C15H32O2. The van der Waals surface area contributed by atoms with Gasteiger partial charge in [-0.3, -0.25) is 0 Å². The van der Waals surface area contributed by atoms with Gasteiger partial charge in [-0.25, -0.2) is 0 Å². The molecular weight excluding hydrogens is 212 g/mol. The highest BCUT2D eigenvalue weighted by atomic mass is 16.5. The maximum absolute atomic E-state index is 9.65. The van der Waals surface area contributed by atoms with Gasteiger partial charge in [-0.1, -0.05) is 58.3 Å². The smallest absolute Gasteiger partial charge is 0.0773 e. The number of rotatable bonds is 12. The first-order chi connectivity index (χ1) is 8.16. The summed E-state index contributed by atoms with van der Waals surface area (Å²) in [4.78, 5) is 0. The standard InChI is InChI=1S/C15H32O2/c1-4-5-6-7-8-9-10-11-12-15(16)13-17-14(2)3/h14-16H,4-13H2,1-3H3. The average Bonchev–Trinajstić information content (AvgIpc) is 2.30. The highest BCUT2D eigenvalue weighted by molar-refractivity contribution is 4.56. The SMILES string of the molecule is CCCCCCCCCCC(O)COC(C)C. The number of aliphatic hydroxyl groups excluding tert-OH is 1. The summed E-state index contributed by atoms with van der Waals surface area (Å²) in [5.74, 6) is 0. The summed E-state index contributed by atoms with van der Waals surface area (Å²) < 4.78 is 5.38. The van der Waals surface area contributed by atoms with Gasteiger partial charge in [0.05, 0.1) is 18.8 Å². The van der Waals surface area contributed by atoms with E-state index in [1.54, 1.807) is 0 Å². The molecule has 0 aromatic heterocycles. The Hall–Kier alpha value is -0.0800. The van der Waals surface area contributed by atoms with Crippen molar-refractivity contribution in [2.45, 2.75) is 90.8 Å². The van der Waals surface area contributed by atoms with Crippen LogP contribution in [0.5, 0.6) is 0 Å². The molecule has 0 radical (unpaired) electrons. The van der Waals surface area contributed by atoms with Crippen LogP contribution in [0, 0.1) is 0 Å². The van der Waals surface area contributed by atoms with Gasteiger partial charge in [-0.2, -0.15) is 0 Å². The lowest BCUT2D eigenvalue weighted by Crippen LogP contribution is -2.18. The second-order valence-electron chi connectivity index (χ2n) is 5.30. The normalized spacial score (nSPS) is 13.2. The second kappa shape index (κ2) is 12.4. The van der Waals surface area contributed by atoms with E-state index in [2.05, 4.69) is 6.92 Å². The van der Waals surface area contributed by atoms with Crippen LogP contribution >= 0.6 is 0 Å². The fourth-order valence-electron chi connectivity index (χ4n) is 1.90. The first-order valence-electron chi connectivity index (χ1n) is 7.46. The van der Waals surface area contributed by atoms with Crippen LogP contribution in [-0.4, -0.2) is 23.9 Å². The zero-order chi connectivity index (χ0) is 12.9. The molecule has 0 saturated heterocycles. The van der Waals surface area contributed by atoms with Gasteiger partial charge in [0.1, 0.15) is 0 Å². The van der Waals surface area contributed by atoms with Crippen LogP contribution < -0.4 is 0 Å². The van der Waals surface area contributed by atoms with E-state index in [0.717, 1.165) is 12.8 Å². The predicted octanol–water partition coefficient (Wildman–Crippen LogP) is 4.30. The van der Waals surface area contributed by atoms with Crippen LogP contribution in [-0.2, 0) is 4.74 Å². The van der Waals surface area contributed by atoms with Gasteiger partial charge in [0.2, 0.25) is 0 Å². The molecule has 0 heterocycles. The van der Waals surface area contributed by atoms with Crippen molar-refractivity contribution >= 4 is 0 Å². The van der Waals surface area contributed by atoms with Crippen molar-refractivity contribution in [2.75, 3.05) is 6.61 Å². The van der Waals surface area contributed by atoms with Gasteiger partial charge in [-0.15, -0.1) is 0 Å². The van der Waals surface area contributed by atoms with Gasteiger partial charge in [0.15, 0.2) is 0 Å². The lowest BCUT2D eigenvalue weighted by atomic mass is 10.1. The fourth-order valence-corrected chi connectivity index (χ4v) is 1.90. The van der Waals surface area contributed by atoms with Crippen LogP contribution in [0.15, 0.2) is 0 Å². The minimum Gasteiger partial charge on any atom is -0.391 e. The molecule has 0 aliphatic rings. The van der Waals surface area contributed by atoms with Crippen LogP contribution in [0.1, 0.15) is 78.6 Å². The summed E-state index contributed by atoms with van der Waals surface area (Å²) in [6.07, 6.45) is 11.4. The lowest BCUT2D eigenvalue weighted by molar-refractivity contribution is 0.00178. The largest absolute Gasteiger partial charge is 0.391 e. The Morgan fingerprint density at radius 3 is 1.94 bits per heavy atom. The molecule has 104 valence electrons. The van der Waals surface area contributed by atoms with Crippen LogP contribution in [0.3, 0.4) is 0 Å². The van der Waals surface area contributed by atoms with Crippen molar-refractivity contribution in [3.05, 3.63) is 0 Å². The van der Waals surface area contributed by atoms with Gasteiger partial charge < -0.3 is 9.84 Å². The molecule has 17 heavy (non-hydrogen) atoms. The minimum absolute atomic E-state index is 0.225. The molecule has 1 N–H and O–H groups in total. The van der Waals surface area contributed by atoms with Crippen molar-refractivity contribution in [3.8, 4) is 0 Å². The van der Waals surface area contributed by atoms with Crippen molar-refractivity contribution in [1.29, 1.82) is 0 Å². The molecule has 1 atom stereocenters. The molecule has 0 aromatic carbocycles. The topological polar surface area (TPSA) is 29.5 Å². The Balaban J connectivity index is 3.11. The van der Waals surface area contributed by atoms with Crippen LogP contribution in [0.25, 0.3) is 0 Å². The third-order valence-electron chi connectivity index (χ3n) is 3.01. The van der Waals surface area contributed by atoms with Crippen LogP contribution in [0.2, 0.25) is 0 Å². The van der Waals surface area contributed by atoms with E-state index in [0.29, 0.717) is 6.61 Å². The van der Waals surface area contributed by atoms with Crippen molar-refractivity contribution in [3.63, 3.8) is 0 Å². The third-order valence-corrected chi connectivity index (χ3v) is 3.01. The quantitative estimate of drug-likeness (QED) is 0.519. The summed E-state index contributed by atoms with van der Waals surface area (Å²) in [7, 11) is 0. The van der Waals surface area contributed by atoms with Gasteiger partial charge >= 0.3 is 0 Å². The van der Waals surface area contributed by atoms with Crippen LogP contribution in [0.4, 0.5) is 0 Å². The summed E-state index contributed by atoms with van der Waals surface area (Å²) in [5, 5.41) is 9.65. The molecule has 2 heteroatoms. The molecule has 0 bridgehead atoms. The van der Waals surface area contributed by atoms with Crippen molar-refractivity contribution in [1.82, 2.24) is 0 Å². The van der Waals surface area contributed by atoms with E-state index in [4.69, 9.17) is 4.74 Å². The minimum atomic E-state index is -0.266. The highest BCUT2D eigenvalue weighted by Crippen LogP contribution is 2.10. The summed E-state index contributed by atoms with van der Waals surface area (Å²) in [6.45, 7) is 6.75. The van der Waals surface area contributed by atoms with E-state index in [1.165, 1.54) is 44.9 Å². The zero-order valence-corrected chi connectivity index (χ0v) is 12.1. The van der Waals surface area contributed by atoms with E-state index < -0.39 is 0 Å². The number of hydrogen-bond acceptors (Lipinski definition) is 2. The number of ether oxygens (including phenoxy) is 1. The van der Waals surface area contributed by atoms with Crippen molar-refractivity contribution < 1.29 is 9.84 Å². The molecule has 1 unspecified atom stereocenters. The molecule has 0 saturated carbocycles. The molecule has 0 rings (SSSR count). The summed E-state index contributed by atoms with van der Waals surface area (Å²) >= 11 is 0. The molecule has 0 aromatic rings. The van der Waals surface area contributed by atoms with Gasteiger partial charge in [-0.05, 0) is 20.3 Å². The van der Waals surface area contributed by atoms with Crippen molar-refractivity contribution in [2.24, 2.45) is 0 Å². The fraction of sp³-hybridized carbons (Fsp3) is 1.00. The Labute approximate surface area is 108 Å². The Morgan fingerprint density at radius 2 is 1.41 bits per heavy atom. The Kier molecular flexibility index (Phi) is 12.3. The number of unbranched alkanes of at least 4 members (excludes halogenated alkanes) is 7. The summed E-state index contributed by atoms with van der Waals surface area (Å²) in [5.41, 5.74) is 0. The second-order valence-corrected chi connectivity index (χ2v) is 5.30. The van der Waals surface area contributed by atoms with E-state index in [1.807, 2.05) is 13.8 Å². The molecule has 0 aliphatic heterocycles. The number of hydrogen-bond donors (Lipinski definition) is 1. The zero-order valence-electron chi connectivity index (χ0n) is 12.1. The molecule has 0 spiro atoms. The van der Waals surface area contributed by atoms with E-state index in [-0.39, 0.29) is 12.2 Å². The lowest BCUT2D eigenvalue weighted by Gasteiger charge is -2.13. The average molecular weight is 244 g/mol. The van der Waals surface area contributed by atoms with Gasteiger partial charge in [0.25, 0.3) is 0 Å². The maximum Gasteiger partial charge on any atom is 0.0773 e. The first-order valence-corrected chi connectivity index (χ1v) is 7.46. The maximum atomic E-state index is 9.65. The molecule has 0 amide bonds. The van der Waals surface area contributed by atoms with E-state index in [9.17, 15) is 5.11 Å². The molecule has 0 aliphatic carbocycles. The molecule has 0 fully saturated rings. The number of aliphatic hydroxyl groups is 1. The highest BCUT2D eigenvalue weighted by Gasteiger charge is 2.05. The van der Waals surface area contributed by atoms with Gasteiger partial charge in [0, 0.05) is 0 Å². The monoisotopic (exact) mass is 244 g/mol. The third kappa shape index (κ3) is 13.9. The Morgan fingerprint density at radius 1 is 0.882 bits per heavy atom.